The van der Waals surface area contributed by atoms with E-state index < -0.39 is 0 Å². The van der Waals surface area contributed by atoms with E-state index >= 15 is 0 Å². The average Bonchev–Trinajstić information content (AvgIpc) is 2.70. The lowest BCUT2D eigenvalue weighted by atomic mass is 10.0. The Morgan fingerprint density at radius 1 is 1.35 bits per heavy atom. The first-order chi connectivity index (χ1) is 8.31. The Bertz CT molecular complexity index is 385. The monoisotopic (exact) mass is 229 g/mol. The van der Waals surface area contributed by atoms with Gasteiger partial charge in [0.15, 0.2) is 0 Å². The van der Waals surface area contributed by atoms with Crippen LogP contribution in [0.15, 0.2) is 43.0 Å². The molecule has 1 amide bonds. The summed E-state index contributed by atoms with van der Waals surface area (Å²) in [5, 5.41) is 0. The van der Waals surface area contributed by atoms with Crippen molar-refractivity contribution in [3.05, 3.63) is 48.6 Å². The first kappa shape index (κ1) is 11.9. The maximum atomic E-state index is 12.1. The van der Waals surface area contributed by atoms with E-state index in [-0.39, 0.29) is 5.92 Å². The van der Waals surface area contributed by atoms with E-state index in [4.69, 9.17) is 0 Å². The Labute approximate surface area is 103 Å². The van der Waals surface area contributed by atoms with E-state index in [0.717, 1.165) is 32.4 Å². The molecule has 1 aliphatic heterocycles. The number of carbonyl (C=O) groups excluding carboxylic acids is 1. The van der Waals surface area contributed by atoms with Gasteiger partial charge in [0.1, 0.15) is 0 Å². The third kappa shape index (κ3) is 2.96. The third-order valence-corrected chi connectivity index (χ3v) is 3.34. The Kier molecular flexibility index (Phi) is 3.97. The smallest absolute Gasteiger partial charge is 0.226 e. The number of carbonyl (C=O) groups is 1. The number of likely N-dealkylation sites (tertiary alicyclic amines) is 1. The van der Waals surface area contributed by atoms with E-state index in [2.05, 4.69) is 18.7 Å². The van der Waals surface area contributed by atoms with Crippen molar-refractivity contribution < 1.29 is 4.79 Å². The summed E-state index contributed by atoms with van der Waals surface area (Å²) in [6.45, 7) is 5.36. The predicted molar refractivity (Wildman–Crippen MR) is 69.4 cm³/mol. The molecule has 90 valence electrons. The van der Waals surface area contributed by atoms with E-state index in [0.29, 0.717) is 5.91 Å². The summed E-state index contributed by atoms with van der Waals surface area (Å²) in [4.78, 5) is 14.1. The van der Waals surface area contributed by atoms with Crippen molar-refractivity contribution in [1.82, 2.24) is 4.90 Å². The van der Waals surface area contributed by atoms with Gasteiger partial charge in [0.2, 0.25) is 5.91 Å². The summed E-state index contributed by atoms with van der Waals surface area (Å²) in [7, 11) is 0. The fourth-order valence-corrected chi connectivity index (χ4v) is 2.35. The molecule has 1 aromatic rings. The zero-order valence-corrected chi connectivity index (χ0v) is 10.1. The summed E-state index contributed by atoms with van der Waals surface area (Å²) in [5.74, 6) is 0.535. The normalized spacial score (nSPS) is 19.6. The molecular formula is C15H19NO. The molecule has 0 bridgehead atoms. The number of amides is 1. The summed E-state index contributed by atoms with van der Waals surface area (Å²) in [6.07, 6.45) is 4.79. The zero-order chi connectivity index (χ0) is 12.1. The maximum Gasteiger partial charge on any atom is 0.226 e. The molecule has 1 heterocycles. The van der Waals surface area contributed by atoms with Crippen molar-refractivity contribution in [2.75, 3.05) is 6.54 Å². The van der Waals surface area contributed by atoms with Crippen LogP contribution in [-0.4, -0.2) is 17.4 Å². The predicted octanol–water partition coefficient (Wildman–Crippen LogP) is 3.00. The van der Waals surface area contributed by atoms with Gasteiger partial charge in [-0.1, -0.05) is 36.4 Å². The molecule has 0 saturated carbocycles. The Balaban J connectivity index is 1.91. The van der Waals surface area contributed by atoms with Crippen LogP contribution in [-0.2, 0) is 11.3 Å². The minimum atomic E-state index is 0.219. The summed E-state index contributed by atoms with van der Waals surface area (Å²) in [6, 6.07) is 10.2. The van der Waals surface area contributed by atoms with E-state index in [1.54, 1.807) is 0 Å². The molecule has 0 N–H and O–H groups in total. The van der Waals surface area contributed by atoms with Gasteiger partial charge >= 0.3 is 0 Å². The minimum absolute atomic E-state index is 0.219. The molecule has 1 aromatic carbocycles. The number of nitrogens with zero attached hydrogens (tertiary/aromatic N) is 1. The van der Waals surface area contributed by atoms with Crippen LogP contribution in [0.3, 0.4) is 0 Å². The minimum Gasteiger partial charge on any atom is -0.338 e. The third-order valence-electron chi connectivity index (χ3n) is 3.34. The van der Waals surface area contributed by atoms with Gasteiger partial charge in [0.25, 0.3) is 0 Å². The number of benzene rings is 1. The van der Waals surface area contributed by atoms with Crippen LogP contribution in [0.1, 0.15) is 24.8 Å². The second-order valence-corrected chi connectivity index (χ2v) is 4.60. The molecule has 2 heteroatoms. The van der Waals surface area contributed by atoms with Gasteiger partial charge in [-0.2, -0.15) is 0 Å². The fourth-order valence-electron chi connectivity index (χ4n) is 2.35. The van der Waals surface area contributed by atoms with Crippen LogP contribution >= 0.6 is 0 Å². The van der Waals surface area contributed by atoms with Gasteiger partial charge in [-0.15, -0.1) is 6.58 Å². The van der Waals surface area contributed by atoms with Gasteiger partial charge in [-0.3, -0.25) is 4.79 Å². The first-order valence-electron chi connectivity index (χ1n) is 6.25. The van der Waals surface area contributed by atoms with Crippen LogP contribution in [0.2, 0.25) is 0 Å². The molecule has 0 aliphatic carbocycles. The lowest BCUT2D eigenvalue weighted by Crippen LogP contribution is -2.26. The van der Waals surface area contributed by atoms with Gasteiger partial charge < -0.3 is 4.90 Å². The molecule has 0 radical (unpaired) electrons. The molecule has 1 unspecified atom stereocenters. The Morgan fingerprint density at radius 3 is 2.82 bits per heavy atom. The number of hydrogen-bond acceptors (Lipinski definition) is 1. The van der Waals surface area contributed by atoms with Crippen molar-refractivity contribution >= 4 is 5.91 Å². The first-order valence-corrected chi connectivity index (χ1v) is 6.25. The summed E-state index contributed by atoms with van der Waals surface area (Å²) in [5.41, 5.74) is 1.21. The molecule has 1 atom stereocenters. The van der Waals surface area contributed by atoms with Crippen molar-refractivity contribution in [1.29, 1.82) is 0 Å². The van der Waals surface area contributed by atoms with Crippen molar-refractivity contribution in [2.45, 2.75) is 25.8 Å². The van der Waals surface area contributed by atoms with Crippen molar-refractivity contribution in [3.8, 4) is 0 Å². The highest BCUT2D eigenvalue weighted by atomic mass is 16.2. The van der Waals surface area contributed by atoms with Crippen molar-refractivity contribution in [2.24, 2.45) is 5.92 Å². The summed E-state index contributed by atoms with van der Waals surface area (Å²) < 4.78 is 0. The average molecular weight is 229 g/mol. The van der Waals surface area contributed by atoms with Crippen LogP contribution in [0.5, 0.6) is 0 Å². The van der Waals surface area contributed by atoms with E-state index in [9.17, 15) is 4.79 Å². The molecule has 1 aliphatic rings. The highest BCUT2D eigenvalue weighted by molar-refractivity contribution is 5.80. The van der Waals surface area contributed by atoms with Crippen LogP contribution in [0.25, 0.3) is 0 Å². The number of hydrogen-bond donors (Lipinski definition) is 0. The molecular weight excluding hydrogens is 210 g/mol. The second kappa shape index (κ2) is 5.67. The largest absolute Gasteiger partial charge is 0.338 e. The highest BCUT2D eigenvalue weighted by Crippen LogP contribution is 2.24. The molecule has 1 saturated heterocycles. The fraction of sp³-hybridized carbons (Fsp3) is 0.400. The lowest BCUT2D eigenvalue weighted by molar-refractivity contribution is -0.131. The second-order valence-electron chi connectivity index (χ2n) is 4.60. The number of allylic oxidation sites excluding steroid dienone is 1. The van der Waals surface area contributed by atoms with Gasteiger partial charge in [0.05, 0.1) is 0 Å². The molecule has 2 rings (SSSR count). The Morgan fingerprint density at radius 2 is 2.12 bits per heavy atom. The zero-order valence-electron chi connectivity index (χ0n) is 10.1. The van der Waals surface area contributed by atoms with E-state index in [1.807, 2.05) is 29.2 Å². The molecule has 0 aromatic heterocycles. The van der Waals surface area contributed by atoms with Gasteiger partial charge in [-0.25, -0.2) is 0 Å². The molecule has 2 nitrogen and oxygen atoms in total. The standard InChI is InChI=1S/C15H19NO/c1-2-3-9-14-10-11-16(15(14)17)12-13-7-5-4-6-8-13/h2,4-8,14H,1,3,9-12H2. The van der Waals surface area contributed by atoms with Gasteiger partial charge in [-0.05, 0) is 24.8 Å². The molecule has 0 spiro atoms. The van der Waals surface area contributed by atoms with Crippen LogP contribution in [0.4, 0.5) is 0 Å². The highest BCUT2D eigenvalue weighted by Gasteiger charge is 2.30. The van der Waals surface area contributed by atoms with Crippen molar-refractivity contribution in [3.63, 3.8) is 0 Å². The van der Waals surface area contributed by atoms with Crippen LogP contribution in [0, 0.1) is 5.92 Å². The SMILES string of the molecule is C=CCCC1CCN(Cc2ccccc2)C1=O. The summed E-state index contributed by atoms with van der Waals surface area (Å²) >= 11 is 0. The molecule has 1 fully saturated rings. The Hall–Kier alpha value is -1.57. The topological polar surface area (TPSA) is 20.3 Å². The quantitative estimate of drug-likeness (QED) is 0.711. The molecule has 17 heavy (non-hydrogen) atoms. The van der Waals surface area contributed by atoms with E-state index in [1.165, 1.54) is 5.56 Å². The maximum absolute atomic E-state index is 12.1. The number of rotatable bonds is 5. The van der Waals surface area contributed by atoms with Crippen LogP contribution < -0.4 is 0 Å². The lowest BCUT2D eigenvalue weighted by Gasteiger charge is -2.16. The van der Waals surface area contributed by atoms with Gasteiger partial charge in [0, 0.05) is 19.0 Å².